The lowest BCUT2D eigenvalue weighted by atomic mass is 10.1. The molecule has 0 radical (unpaired) electrons. The summed E-state index contributed by atoms with van der Waals surface area (Å²) in [6.45, 7) is 0. The maximum Gasteiger partial charge on any atom is 0.307 e. The molecule has 1 N–H and O–H groups in total. The molecule has 0 aromatic heterocycles. The first-order chi connectivity index (χ1) is 9.60. The Bertz CT molecular complexity index is 692. The largest absolute Gasteiger partial charge is 0.481 e. The van der Waals surface area contributed by atoms with Gasteiger partial charge in [0.25, 0.3) is 0 Å². The fourth-order valence-corrected chi connectivity index (χ4v) is 1.88. The summed E-state index contributed by atoms with van der Waals surface area (Å²) in [5.41, 5.74) is 0.835. The van der Waals surface area contributed by atoms with Crippen LogP contribution in [0.1, 0.15) is 11.1 Å². The minimum Gasteiger partial charge on any atom is -0.481 e. The van der Waals surface area contributed by atoms with Gasteiger partial charge in [0, 0.05) is 10.6 Å². The molecule has 0 aliphatic heterocycles. The standard InChI is InChI=1S/C15H10ClNO3/c16-12-5-6-14(11(7-12)9-17)20-13-4-2-1-3-10(13)8-15(18)19/h1-7H,8H2,(H,18,19). The Balaban J connectivity index is 2.36. The number of nitrogens with zero attached hydrogens (tertiary/aromatic N) is 1. The molecule has 2 aromatic carbocycles. The second kappa shape index (κ2) is 6.09. The van der Waals surface area contributed by atoms with Gasteiger partial charge in [0.1, 0.15) is 17.6 Å². The van der Waals surface area contributed by atoms with Gasteiger partial charge < -0.3 is 9.84 Å². The van der Waals surface area contributed by atoms with Crippen molar-refractivity contribution in [3.8, 4) is 17.6 Å². The quantitative estimate of drug-likeness (QED) is 0.932. The summed E-state index contributed by atoms with van der Waals surface area (Å²) >= 11 is 5.81. The van der Waals surface area contributed by atoms with Crippen LogP contribution in [0.2, 0.25) is 5.02 Å². The van der Waals surface area contributed by atoms with Crippen LogP contribution in [0.25, 0.3) is 0 Å². The topological polar surface area (TPSA) is 70.3 Å². The zero-order valence-corrected chi connectivity index (χ0v) is 11.1. The van der Waals surface area contributed by atoms with Gasteiger partial charge in [-0.3, -0.25) is 4.79 Å². The zero-order chi connectivity index (χ0) is 14.5. The summed E-state index contributed by atoms with van der Waals surface area (Å²) in [6, 6.07) is 13.5. The first-order valence-corrected chi connectivity index (χ1v) is 6.15. The van der Waals surface area contributed by atoms with Crippen LogP contribution in [0, 0.1) is 11.3 Å². The van der Waals surface area contributed by atoms with Gasteiger partial charge in [-0.2, -0.15) is 5.26 Å². The summed E-state index contributed by atoms with van der Waals surface area (Å²) in [5, 5.41) is 18.4. The highest BCUT2D eigenvalue weighted by atomic mass is 35.5. The Kier molecular flexibility index (Phi) is 4.24. The molecule has 0 amide bonds. The maximum atomic E-state index is 10.8. The second-order valence-electron chi connectivity index (χ2n) is 4.03. The third kappa shape index (κ3) is 3.28. The monoisotopic (exact) mass is 287 g/mol. The number of hydrogen-bond donors (Lipinski definition) is 1. The number of halogens is 1. The highest BCUT2D eigenvalue weighted by Crippen LogP contribution is 2.29. The molecule has 0 unspecified atom stereocenters. The molecule has 0 aliphatic carbocycles. The Morgan fingerprint density at radius 2 is 2.00 bits per heavy atom. The first kappa shape index (κ1) is 13.9. The number of benzene rings is 2. The molecule has 0 spiro atoms. The summed E-state index contributed by atoms with van der Waals surface area (Å²) in [6.07, 6.45) is -0.147. The molecular formula is C15H10ClNO3. The van der Waals surface area contributed by atoms with E-state index in [1.54, 1.807) is 36.4 Å². The predicted octanol–water partition coefficient (Wildman–Crippen LogP) is 3.63. The molecule has 0 aliphatic rings. The van der Waals surface area contributed by atoms with E-state index in [1.807, 2.05) is 6.07 Å². The van der Waals surface area contributed by atoms with Crippen LogP contribution in [0.3, 0.4) is 0 Å². The number of carbonyl (C=O) groups is 1. The van der Waals surface area contributed by atoms with Crippen molar-refractivity contribution in [1.82, 2.24) is 0 Å². The Labute approximate surface area is 120 Å². The number of ether oxygens (including phenoxy) is 1. The van der Waals surface area contributed by atoms with Crippen molar-refractivity contribution in [2.45, 2.75) is 6.42 Å². The lowest BCUT2D eigenvalue weighted by Crippen LogP contribution is -2.02. The second-order valence-corrected chi connectivity index (χ2v) is 4.47. The lowest BCUT2D eigenvalue weighted by Gasteiger charge is -2.11. The molecule has 100 valence electrons. The van der Waals surface area contributed by atoms with Crippen molar-refractivity contribution in [2.24, 2.45) is 0 Å². The SMILES string of the molecule is N#Cc1cc(Cl)ccc1Oc1ccccc1CC(=O)O. The first-order valence-electron chi connectivity index (χ1n) is 5.77. The highest BCUT2D eigenvalue weighted by molar-refractivity contribution is 6.30. The van der Waals surface area contributed by atoms with E-state index in [9.17, 15) is 4.79 Å². The van der Waals surface area contributed by atoms with Crippen LogP contribution >= 0.6 is 11.6 Å². The number of aliphatic carboxylic acids is 1. The van der Waals surface area contributed by atoms with Crippen molar-refractivity contribution in [2.75, 3.05) is 0 Å². The minimum absolute atomic E-state index is 0.147. The number of carboxylic acids is 1. The minimum atomic E-state index is -0.947. The van der Waals surface area contributed by atoms with Gasteiger partial charge in [0.15, 0.2) is 0 Å². The van der Waals surface area contributed by atoms with Gasteiger partial charge >= 0.3 is 5.97 Å². The predicted molar refractivity (Wildman–Crippen MR) is 74.0 cm³/mol. The molecule has 0 atom stereocenters. The van der Waals surface area contributed by atoms with E-state index in [2.05, 4.69) is 0 Å². The van der Waals surface area contributed by atoms with Gasteiger partial charge in [0.2, 0.25) is 0 Å². The molecule has 4 nitrogen and oxygen atoms in total. The smallest absolute Gasteiger partial charge is 0.307 e. The molecule has 5 heteroatoms. The number of carboxylic acid groups (broad SMARTS) is 1. The van der Waals surface area contributed by atoms with E-state index in [4.69, 9.17) is 26.7 Å². The molecule has 0 bridgehead atoms. The summed E-state index contributed by atoms with van der Waals surface area (Å²) < 4.78 is 5.64. The van der Waals surface area contributed by atoms with Crippen molar-refractivity contribution >= 4 is 17.6 Å². The van der Waals surface area contributed by atoms with E-state index in [1.165, 1.54) is 6.07 Å². The molecule has 2 rings (SSSR count). The maximum absolute atomic E-state index is 10.8. The highest BCUT2D eigenvalue weighted by Gasteiger charge is 2.11. The summed E-state index contributed by atoms with van der Waals surface area (Å²) in [4.78, 5) is 10.8. The number of para-hydroxylation sites is 1. The van der Waals surface area contributed by atoms with E-state index >= 15 is 0 Å². The normalized spacial score (nSPS) is 9.80. The van der Waals surface area contributed by atoms with E-state index in [0.29, 0.717) is 27.6 Å². The van der Waals surface area contributed by atoms with Crippen LogP contribution in [-0.4, -0.2) is 11.1 Å². The third-order valence-electron chi connectivity index (χ3n) is 2.60. The summed E-state index contributed by atoms with van der Waals surface area (Å²) in [7, 11) is 0. The molecule has 0 saturated heterocycles. The van der Waals surface area contributed by atoms with Gasteiger partial charge in [-0.25, -0.2) is 0 Å². The average molecular weight is 288 g/mol. The van der Waals surface area contributed by atoms with Gasteiger partial charge in [-0.1, -0.05) is 29.8 Å². The fourth-order valence-electron chi connectivity index (χ4n) is 1.71. The van der Waals surface area contributed by atoms with Crippen molar-refractivity contribution in [1.29, 1.82) is 5.26 Å². The van der Waals surface area contributed by atoms with Crippen molar-refractivity contribution in [3.63, 3.8) is 0 Å². The van der Waals surface area contributed by atoms with Gasteiger partial charge in [-0.05, 0) is 24.3 Å². The molecule has 20 heavy (non-hydrogen) atoms. The van der Waals surface area contributed by atoms with Crippen LogP contribution in [0.15, 0.2) is 42.5 Å². The fraction of sp³-hybridized carbons (Fsp3) is 0.0667. The molecule has 0 fully saturated rings. The molecule has 0 heterocycles. The van der Waals surface area contributed by atoms with Crippen LogP contribution in [0.5, 0.6) is 11.5 Å². The van der Waals surface area contributed by atoms with E-state index < -0.39 is 5.97 Å². The average Bonchev–Trinajstić information content (AvgIpc) is 2.42. The van der Waals surface area contributed by atoms with E-state index in [0.717, 1.165) is 0 Å². The number of nitriles is 1. The van der Waals surface area contributed by atoms with Gasteiger partial charge in [-0.15, -0.1) is 0 Å². The van der Waals surface area contributed by atoms with Crippen LogP contribution in [-0.2, 0) is 11.2 Å². The Morgan fingerprint density at radius 3 is 2.70 bits per heavy atom. The Hall–Kier alpha value is -2.51. The zero-order valence-electron chi connectivity index (χ0n) is 10.3. The Morgan fingerprint density at radius 1 is 1.25 bits per heavy atom. The van der Waals surface area contributed by atoms with Crippen molar-refractivity contribution in [3.05, 3.63) is 58.6 Å². The van der Waals surface area contributed by atoms with Crippen molar-refractivity contribution < 1.29 is 14.6 Å². The molecular weight excluding hydrogens is 278 g/mol. The van der Waals surface area contributed by atoms with E-state index in [-0.39, 0.29) is 6.42 Å². The summed E-state index contributed by atoms with van der Waals surface area (Å²) in [5.74, 6) is -0.193. The van der Waals surface area contributed by atoms with Crippen LogP contribution < -0.4 is 4.74 Å². The molecule has 0 saturated carbocycles. The van der Waals surface area contributed by atoms with Gasteiger partial charge in [0.05, 0.1) is 12.0 Å². The third-order valence-corrected chi connectivity index (χ3v) is 2.83. The van der Waals surface area contributed by atoms with Crippen LogP contribution in [0.4, 0.5) is 0 Å². The molecule has 2 aromatic rings. The number of rotatable bonds is 4. The number of hydrogen-bond acceptors (Lipinski definition) is 3. The lowest BCUT2D eigenvalue weighted by molar-refractivity contribution is -0.136.